The molecule has 0 saturated carbocycles. The van der Waals surface area contributed by atoms with Gasteiger partial charge in [0.25, 0.3) is 0 Å². The minimum Gasteiger partial charge on any atom is -0.392 e. The molecule has 0 bridgehead atoms. The maximum atomic E-state index is 8.95. The van der Waals surface area contributed by atoms with Crippen molar-refractivity contribution in [2.45, 2.75) is 13.2 Å². The van der Waals surface area contributed by atoms with Crippen LogP contribution < -0.4 is 5.32 Å². The van der Waals surface area contributed by atoms with Crippen LogP contribution in [0.1, 0.15) is 11.1 Å². The molecule has 0 fully saturated rings. The molecule has 0 aliphatic rings. The van der Waals surface area contributed by atoms with Crippen molar-refractivity contribution in [3.8, 4) is 0 Å². The van der Waals surface area contributed by atoms with Gasteiger partial charge < -0.3 is 10.4 Å². The second kappa shape index (κ2) is 6.10. The molecule has 2 aromatic rings. The molecule has 4 heteroatoms. The van der Waals surface area contributed by atoms with Crippen molar-refractivity contribution in [1.82, 2.24) is 0 Å². The first-order valence-corrected chi connectivity index (χ1v) is 6.32. The Labute approximate surface area is 116 Å². The molecule has 2 rings (SSSR count). The standard InChI is InChI=1S/C14H13Cl2NO/c15-13-6-3-11(7-14(13)16)8-17-12-4-1-10(9-18)2-5-12/h1-7,17-18H,8-9H2. The Bertz CT molecular complexity index is 526. The highest BCUT2D eigenvalue weighted by Gasteiger charge is 1.99. The second-order valence-corrected chi connectivity index (χ2v) is 4.77. The molecular weight excluding hydrogens is 269 g/mol. The molecule has 0 aliphatic heterocycles. The van der Waals surface area contributed by atoms with E-state index in [0.29, 0.717) is 16.6 Å². The number of anilines is 1. The Kier molecular flexibility index (Phi) is 4.48. The van der Waals surface area contributed by atoms with Crippen LogP contribution in [0.3, 0.4) is 0 Å². The molecule has 0 unspecified atom stereocenters. The average Bonchev–Trinajstić information content (AvgIpc) is 2.41. The van der Waals surface area contributed by atoms with Gasteiger partial charge in [-0.3, -0.25) is 0 Å². The van der Waals surface area contributed by atoms with E-state index in [1.807, 2.05) is 36.4 Å². The predicted molar refractivity (Wildman–Crippen MR) is 76.2 cm³/mol. The van der Waals surface area contributed by atoms with Gasteiger partial charge in [0, 0.05) is 12.2 Å². The van der Waals surface area contributed by atoms with Crippen LogP contribution in [0.4, 0.5) is 5.69 Å². The van der Waals surface area contributed by atoms with E-state index in [1.165, 1.54) is 0 Å². The van der Waals surface area contributed by atoms with E-state index in [2.05, 4.69) is 5.32 Å². The third-order valence-electron chi connectivity index (χ3n) is 2.62. The Balaban J connectivity index is 1.99. The minimum absolute atomic E-state index is 0.0626. The molecule has 2 aromatic carbocycles. The van der Waals surface area contributed by atoms with Gasteiger partial charge in [0.2, 0.25) is 0 Å². The fourth-order valence-electron chi connectivity index (χ4n) is 1.58. The van der Waals surface area contributed by atoms with Crippen molar-refractivity contribution in [3.05, 3.63) is 63.6 Å². The molecule has 0 atom stereocenters. The van der Waals surface area contributed by atoms with Crippen molar-refractivity contribution in [2.24, 2.45) is 0 Å². The Hall–Kier alpha value is -1.22. The number of hydrogen-bond donors (Lipinski definition) is 2. The topological polar surface area (TPSA) is 32.3 Å². The van der Waals surface area contributed by atoms with E-state index in [1.54, 1.807) is 6.07 Å². The van der Waals surface area contributed by atoms with E-state index < -0.39 is 0 Å². The molecule has 0 saturated heterocycles. The first kappa shape index (κ1) is 13.2. The van der Waals surface area contributed by atoms with E-state index >= 15 is 0 Å². The number of rotatable bonds is 4. The molecule has 0 spiro atoms. The van der Waals surface area contributed by atoms with Crippen LogP contribution in [0, 0.1) is 0 Å². The van der Waals surface area contributed by atoms with Crippen LogP contribution in [-0.2, 0) is 13.2 Å². The van der Waals surface area contributed by atoms with Crippen molar-refractivity contribution >= 4 is 28.9 Å². The number of halogens is 2. The average molecular weight is 282 g/mol. The van der Waals surface area contributed by atoms with Gasteiger partial charge in [0.15, 0.2) is 0 Å². The van der Waals surface area contributed by atoms with Gasteiger partial charge in [0.05, 0.1) is 16.7 Å². The summed E-state index contributed by atoms with van der Waals surface area (Å²) in [4.78, 5) is 0. The monoisotopic (exact) mass is 281 g/mol. The lowest BCUT2D eigenvalue weighted by Crippen LogP contribution is -1.99. The number of aliphatic hydroxyl groups is 1. The normalized spacial score (nSPS) is 10.4. The molecule has 18 heavy (non-hydrogen) atoms. The summed E-state index contributed by atoms with van der Waals surface area (Å²) in [5.74, 6) is 0. The zero-order valence-electron chi connectivity index (χ0n) is 9.66. The lowest BCUT2D eigenvalue weighted by Gasteiger charge is -2.08. The zero-order chi connectivity index (χ0) is 13.0. The van der Waals surface area contributed by atoms with Gasteiger partial charge in [-0.25, -0.2) is 0 Å². The molecule has 0 heterocycles. The van der Waals surface area contributed by atoms with Crippen LogP contribution in [-0.4, -0.2) is 5.11 Å². The van der Waals surface area contributed by atoms with Crippen molar-refractivity contribution in [3.63, 3.8) is 0 Å². The summed E-state index contributed by atoms with van der Waals surface area (Å²) in [6.07, 6.45) is 0. The van der Waals surface area contributed by atoms with E-state index in [9.17, 15) is 0 Å². The summed E-state index contributed by atoms with van der Waals surface area (Å²) in [5, 5.41) is 13.3. The summed E-state index contributed by atoms with van der Waals surface area (Å²) in [6.45, 7) is 0.739. The summed E-state index contributed by atoms with van der Waals surface area (Å²) >= 11 is 11.8. The van der Waals surface area contributed by atoms with Crippen LogP contribution in [0.2, 0.25) is 10.0 Å². The Morgan fingerprint density at radius 1 is 0.889 bits per heavy atom. The van der Waals surface area contributed by atoms with Crippen molar-refractivity contribution in [2.75, 3.05) is 5.32 Å². The van der Waals surface area contributed by atoms with Crippen molar-refractivity contribution < 1.29 is 5.11 Å². The van der Waals surface area contributed by atoms with E-state index in [-0.39, 0.29) is 6.61 Å². The van der Waals surface area contributed by atoms with Gasteiger partial charge in [-0.1, -0.05) is 41.4 Å². The number of benzene rings is 2. The lowest BCUT2D eigenvalue weighted by atomic mass is 10.2. The van der Waals surface area contributed by atoms with Gasteiger partial charge >= 0.3 is 0 Å². The molecule has 0 radical (unpaired) electrons. The summed E-state index contributed by atoms with van der Waals surface area (Å²) in [6, 6.07) is 13.2. The van der Waals surface area contributed by atoms with Crippen molar-refractivity contribution in [1.29, 1.82) is 0 Å². The summed E-state index contributed by atoms with van der Waals surface area (Å²) < 4.78 is 0. The first-order chi connectivity index (χ1) is 8.69. The van der Waals surface area contributed by atoms with Gasteiger partial charge in [-0.15, -0.1) is 0 Å². The summed E-state index contributed by atoms with van der Waals surface area (Å²) in [5.41, 5.74) is 2.96. The maximum Gasteiger partial charge on any atom is 0.0681 e. The maximum absolute atomic E-state index is 8.95. The highest BCUT2D eigenvalue weighted by Crippen LogP contribution is 2.23. The minimum atomic E-state index is 0.0626. The van der Waals surface area contributed by atoms with Gasteiger partial charge in [-0.2, -0.15) is 0 Å². The quantitative estimate of drug-likeness (QED) is 0.885. The molecule has 94 valence electrons. The van der Waals surface area contributed by atoms with Crippen LogP contribution in [0.25, 0.3) is 0 Å². The number of aliphatic hydroxyl groups excluding tert-OH is 1. The highest BCUT2D eigenvalue weighted by atomic mass is 35.5. The van der Waals surface area contributed by atoms with Crippen LogP contribution >= 0.6 is 23.2 Å². The lowest BCUT2D eigenvalue weighted by molar-refractivity contribution is 0.282. The highest BCUT2D eigenvalue weighted by molar-refractivity contribution is 6.42. The second-order valence-electron chi connectivity index (χ2n) is 3.96. The molecule has 0 aliphatic carbocycles. The van der Waals surface area contributed by atoms with E-state index in [0.717, 1.165) is 16.8 Å². The number of nitrogens with one attached hydrogen (secondary N) is 1. The largest absolute Gasteiger partial charge is 0.392 e. The molecule has 2 N–H and O–H groups in total. The van der Waals surface area contributed by atoms with E-state index in [4.69, 9.17) is 28.3 Å². The Morgan fingerprint density at radius 2 is 1.56 bits per heavy atom. The van der Waals surface area contributed by atoms with Gasteiger partial charge in [-0.05, 0) is 35.4 Å². The third-order valence-corrected chi connectivity index (χ3v) is 3.36. The Morgan fingerprint density at radius 3 is 2.17 bits per heavy atom. The van der Waals surface area contributed by atoms with Crippen LogP contribution in [0.5, 0.6) is 0 Å². The van der Waals surface area contributed by atoms with Gasteiger partial charge in [0.1, 0.15) is 0 Å². The molecule has 0 amide bonds. The molecule has 2 nitrogen and oxygen atoms in total. The SMILES string of the molecule is OCc1ccc(NCc2ccc(Cl)c(Cl)c2)cc1. The first-order valence-electron chi connectivity index (χ1n) is 5.56. The zero-order valence-corrected chi connectivity index (χ0v) is 11.2. The fraction of sp³-hybridized carbons (Fsp3) is 0.143. The molecule has 0 aromatic heterocycles. The predicted octanol–water partition coefficient (Wildman–Crippen LogP) is 4.10. The molecular formula is C14H13Cl2NO. The smallest absolute Gasteiger partial charge is 0.0681 e. The summed E-state index contributed by atoms with van der Waals surface area (Å²) in [7, 11) is 0. The van der Waals surface area contributed by atoms with Crippen LogP contribution in [0.15, 0.2) is 42.5 Å². The fourth-order valence-corrected chi connectivity index (χ4v) is 1.90. The third kappa shape index (κ3) is 3.39. The number of hydrogen-bond acceptors (Lipinski definition) is 2.